The van der Waals surface area contributed by atoms with Gasteiger partial charge in [-0.2, -0.15) is 0 Å². The highest BCUT2D eigenvalue weighted by Crippen LogP contribution is 2.39. The predicted octanol–water partition coefficient (Wildman–Crippen LogP) is 4.29. The van der Waals surface area contributed by atoms with Gasteiger partial charge in [-0.25, -0.2) is 4.79 Å². The molecule has 2 saturated heterocycles. The Kier molecular flexibility index (Phi) is 9.31. The molecule has 2 heterocycles. The topological polar surface area (TPSA) is 94.6 Å². The van der Waals surface area contributed by atoms with Crippen LogP contribution in [0.3, 0.4) is 0 Å². The minimum atomic E-state index is -1.27. The summed E-state index contributed by atoms with van der Waals surface area (Å²) in [5.41, 5.74) is 2.39. The van der Waals surface area contributed by atoms with Gasteiger partial charge in [-0.15, -0.1) is 0 Å². The van der Waals surface area contributed by atoms with Gasteiger partial charge in [0.25, 0.3) is 0 Å². The minimum absolute atomic E-state index is 0.0343. The van der Waals surface area contributed by atoms with E-state index >= 15 is 0 Å². The third-order valence-corrected chi connectivity index (χ3v) is 8.77. The number of carbonyl (C=O) groups is 3. The van der Waals surface area contributed by atoms with Crippen molar-refractivity contribution in [1.29, 1.82) is 0 Å². The van der Waals surface area contributed by atoms with Crippen molar-refractivity contribution < 1.29 is 33.3 Å². The van der Waals surface area contributed by atoms with Crippen LogP contribution < -0.4 is 9.47 Å². The van der Waals surface area contributed by atoms with Crippen LogP contribution in [0.4, 0.5) is 4.79 Å². The molecule has 9 nitrogen and oxygen atoms in total. The second-order valence-electron chi connectivity index (χ2n) is 11.3. The number of hydrogen-bond donors (Lipinski definition) is 0. The first-order valence-corrected chi connectivity index (χ1v) is 17.1. The van der Waals surface area contributed by atoms with E-state index in [1.54, 1.807) is 25.2 Å². The molecule has 0 aliphatic carbocycles. The molecule has 2 aromatic rings. The zero-order valence-corrected chi connectivity index (χ0v) is 24.8. The summed E-state index contributed by atoms with van der Waals surface area (Å²) in [6.07, 6.45) is 0.949. The summed E-state index contributed by atoms with van der Waals surface area (Å²) in [6.45, 7) is 7.80. The summed E-state index contributed by atoms with van der Waals surface area (Å²) in [5.74, 6) is 0.768. The van der Waals surface area contributed by atoms with E-state index in [1.165, 1.54) is 11.0 Å². The molecule has 214 valence electrons. The molecular formula is C30H38N2O7Si. The van der Waals surface area contributed by atoms with Crippen LogP contribution in [-0.2, 0) is 32.2 Å². The van der Waals surface area contributed by atoms with Crippen LogP contribution in [-0.4, -0.2) is 81.7 Å². The van der Waals surface area contributed by atoms with Crippen LogP contribution in [0.15, 0.2) is 60.2 Å². The quantitative estimate of drug-likeness (QED) is 0.164. The molecule has 2 aliphatic heterocycles. The van der Waals surface area contributed by atoms with Crippen LogP contribution in [0.2, 0.25) is 25.7 Å². The van der Waals surface area contributed by atoms with E-state index in [9.17, 15) is 14.4 Å². The van der Waals surface area contributed by atoms with Gasteiger partial charge >= 0.3 is 6.09 Å². The molecule has 0 unspecified atom stereocenters. The fraction of sp³-hybridized carbons (Fsp3) is 0.433. The van der Waals surface area contributed by atoms with Crippen molar-refractivity contribution in [2.45, 2.75) is 50.9 Å². The van der Waals surface area contributed by atoms with Crippen molar-refractivity contribution in [1.82, 2.24) is 9.80 Å². The van der Waals surface area contributed by atoms with E-state index in [0.717, 1.165) is 17.2 Å². The smallest absolute Gasteiger partial charge is 0.411 e. The van der Waals surface area contributed by atoms with Gasteiger partial charge in [0, 0.05) is 27.8 Å². The Morgan fingerprint density at radius 2 is 1.70 bits per heavy atom. The first kappa shape index (κ1) is 29.4. The molecule has 2 atom stereocenters. The van der Waals surface area contributed by atoms with Gasteiger partial charge in [0.15, 0.2) is 17.3 Å². The molecular weight excluding hydrogens is 528 g/mol. The molecule has 0 bridgehead atoms. The fourth-order valence-electron chi connectivity index (χ4n) is 4.89. The van der Waals surface area contributed by atoms with Crippen molar-refractivity contribution in [2.75, 3.05) is 34.0 Å². The van der Waals surface area contributed by atoms with Crippen molar-refractivity contribution in [2.24, 2.45) is 0 Å². The molecule has 0 N–H and O–H groups in total. The number of likely N-dealkylation sites (tertiary alicyclic amines) is 2. The summed E-state index contributed by atoms with van der Waals surface area (Å²) in [6, 6.07) is 14.7. The third kappa shape index (κ3) is 6.92. The number of ketones is 1. The van der Waals surface area contributed by atoms with Gasteiger partial charge in [0.05, 0.1) is 20.3 Å². The molecule has 40 heavy (non-hydrogen) atoms. The number of rotatable bonds is 12. The number of nitrogens with zero attached hydrogens (tertiary/aromatic N) is 2. The molecule has 4 rings (SSSR count). The first-order valence-electron chi connectivity index (χ1n) is 13.4. The lowest BCUT2D eigenvalue weighted by atomic mass is 9.91. The molecule has 2 aliphatic rings. The van der Waals surface area contributed by atoms with Gasteiger partial charge in [-0.3, -0.25) is 14.5 Å². The van der Waals surface area contributed by atoms with Gasteiger partial charge < -0.3 is 23.8 Å². The zero-order valence-electron chi connectivity index (χ0n) is 23.8. The predicted molar refractivity (Wildman–Crippen MR) is 153 cm³/mol. The zero-order chi connectivity index (χ0) is 28.9. The Hall–Kier alpha value is -3.63. The Balaban J connectivity index is 1.50. The van der Waals surface area contributed by atoms with Gasteiger partial charge in [0.1, 0.15) is 19.3 Å². The molecule has 2 amide bonds. The molecule has 10 heteroatoms. The summed E-state index contributed by atoms with van der Waals surface area (Å²) in [5, 5.41) is 0. The van der Waals surface area contributed by atoms with E-state index in [1.807, 2.05) is 42.5 Å². The maximum Gasteiger partial charge on any atom is 0.411 e. The molecule has 0 aromatic heterocycles. The molecule has 2 fully saturated rings. The minimum Gasteiger partial charge on any atom is -0.493 e. The average Bonchev–Trinajstić information content (AvgIpc) is 3.27. The SMILES string of the molecule is COc1ccc(CN2C(=O)[C@@H]3[C@H]2/C(=C\C(=O)COCC[Si](C)(C)C)CN3C(=O)OCc2ccccc2)cc1OC. The average molecular weight is 567 g/mol. The number of methoxy groups -OCH3 is 2. The van der Waals surface area contributed by atoms with Crippen LogP contribution in [0, 0.1) is 0 Å². The maximum absolute atomic E-state index is 13.3. The second kappa shape index (κ2) is 12.7. The Bertz CT molecular complexity index is 1260. The Labute approximate surface area is 236 Å². The largest absolute Gasteiger partial charge is 0.493 e. The van der Waals surface area contributed by atoms with Crippen molar-refractivity contribution in [3.63, 3.8) is 0 Å². The standard InChI is InChI=1S/C30H38N2O7Si/c1-36-25-12-11-22(15-26(25)37-2)17-31-27-23(16-24(33)20-38-13-14-40(3,4)5)18-32(28(27)29(31)34)30(35)39-19-21-9-7-6-8-10-21/h6-12,15-16,27-28H,13-14,17-20H2,1-5H3/b23-16-/t27-,28+/m1/s1. The molecule has 0 radical (unpaired) electrons. The van der Waals surface area contributed by atoms with Gasteiger partial charge in [-0.05, 0) is 41.0 Å². The highest BCUT2D eigenvalue weighted by Gasteiger charge is 2.58. The van der Waals surface area contributed by atoms with Crippen molar-refractivity contribution in [3.8, 4) is 11.5 Å². The highest BCUT2D eigenvalue weighted by molar-refractivity contribution is 6.76. The van der Waals surface area contributed by atoms with Crippen LogP contribution in [0.25, 0.3) is 0 Å². The Morgan fingerprint density at radius 3 is 2.38 bits per heavy atom. The number of amides is 2. The maximum atomic E-state index is 13.3. The number of fused-ring (bicyclic) bond motifs is 1. The van der Waals surface area contributed by atoms with Crippen molar-refractivity contribution >= 4 is 25.9 Å². The van der Waals surface area contributed by atoms with E-state index in [4.69, 9.17) is 18.9 Å². The fourth-order valence-corrected chi connectivity index (χ4v) is 5.65. The summed E-state index contributed by atoms with van der Waals surface area (Å²) >= 11 is 0. The van der Waals surface area contributed by atoms with Gasteiger partial charge in [-0.1, -0.05) is 56.0 Å². The molecule has 0 spiro atoms. The summed E-state index contributed by atoms with van der Waals surface area (Å²) in [4.78, 5) is 42.4. The number of carbonyl (C=O) groups excluding carboxylic acids is 3. The monoisotopic (exact) mass is 566 g/mol. The lowest BCUT2D eigenvalue weighted by Gasteiger charge is -2.45. The molecule has 0 saturated carbocycles. The van der Waals surface area contributed by atoms with E-state index in [2.05, 4.69) is 19.6 Å². The van der Waals surface area contributed by atoms with Crippen molar-refractivity contribution in [3.05, 3.63) is 71.3 Å². The lowest BCUT2D eigenvalue weighted by molar-refractivity contribution is -0.152. The van der Waals surface area contributed by atoms with Crippen LogP contribution in [0.5, 0.6) is 11.5 Å². The third-order valence-electron chi connectivity index (χ3n) is 7.07. The van der Waals surface area contributed by atoms with Crippen LogP contribution >= 0.6 is 0 Å². The number of benzene rings is 2. The van der Waals surface area contributed by atoms with E-state index in [0.29, 0.717) is 30.2 Å². The van der Waals surface area contributed by atoms with E-state index < -0.39 is 26.3 Å². The lowest BCUT2D eigenvalue weighted by Crippen LogP contribution is -2.66. The van der Waals surface area contributed by atoms with Gasteiger partial charge in [0.2, 0.25) is 5.91 Å². The molecule has 2 aromatic carbocycles. The van der Waals surface area contributed by atoms with Crippen LogP contribution in [0.1, 0.15) is 11.1 Å². The van der Waals surface area contributed by atoms with E-state index in [-0.39, 0.29) is 31.4 Å². The number of β-lactam (4-membered cyclic amide) rings is 1. The summed E-state index contributed by atoms with van der Waals surface area (Å²) < 4.78 is 21.9. The number of hydrogen-bond acceptors (Lipinski definition) is 7. The normalized spacial score (nSPS) is 19.3. The number of ether oxygens (including phenoxy) is 4. The second-order valence-corrected chi connectivity index (χ2v) is 16.9. The highest BCUT2D eigenvalue weighted by atomic mass is 28.3. The summed E-state index contributed by atoms with van der Waals surface area (Å²) in [7, 11) is 1.85. The first-order chi connectivity index (χ1) is 19.1. The Morgan fingerprint density at radius 1 is 0.975 bits per heavy atom.